The molecule has 0 saturated carbocycles. The molecule has 1 atom stereocenters. The number of aliphatic hydroxyl groups excluding tert-OH is 1. The third kappa shape index (κ3) is 2.67. The number of hydrogen-bond donors (Lipinski definition) is 2. The monoisotopic (exact) mass is 255 g/mol. The summed E-state index contributed by atoms with van der Waals surface area (Å²) >= 11 is 5.53. The Morgan fingerprint density at radius 3 is 3.00 bits per heavy atom. The van der Waals surface area contributed by atoms with E-state index >= 15 is 0 Å². The van der Waals surface area contributed by atoms with Crippen LogP contribution in [0.15, 0.2) is 18.2 Å². The smallest absolute Gasteiger partial charge is 0.125 e. The molecule has 1 aliphatic heterocycles. The maximum atomic E-state index is 9.37. The fourth-order valence-electron chi connectivity index (χ4n) is 1.94. The van der Waals surface area contributed by atoms with Gasteiger partial charge in [0.15, 0.2) is 0 Å². The lowest BCUT2D eigenvalue weighted by molar-refractivity contribution is 0.211. The van der Waals surface area contributed by atoms with Crippen molar-refractivity contribution in [2.24, 2.45) is 0 Å². The minimum atomic E-state index is -0.526. The van der Waals surface area contributed by atoms with Crippen LogP contribution in [0.1, 0.15) is 19.4 Å². The Morgan fingerprint density at radius 2 is 2.29 bits per heavy atom. The van der Waals surface area contributed by atoms with Crippen molar-refractivity contribution >= 4 is 17.3 Å². The lowest BCUT2D eigenvalue weighted by Crippen LogP contribution is -2.20. The molecule has 2 N–H and O–H groups in total. The van der Waals surface area contributed by atoms with Crippen LogP contribution in [0.2, 0.25) is 0 Å². The second-order valence-electron chi connectivity index (χ2n) is 5.07. The lowest BCUT2D eigenvalue weighted by Gasteiger charge is -2.15. The Morgan fingerprint density at radius 1 is 1.53 bits per heavy atom. The maximum absolute atomic E-state index is 9.37. The molecule has 1 aromatic carbocycles. The minimum absolute atomic E-state index is 0.0868. The Balaban J connectivity index is 2.08. The number of anilines is 1. The van der Waals surface area contributed by atoms with Gasteiger partial charge in [-0.25, -0.2) is 0 Å². The summed E-state index contributed by atoms with van der Waals surface area (Å²) in [7, 11) is 0. The van der Waals surface area contributed by atoms with Crippen LogP contribution in [0.25, 0.3) is 0 Å². The molecular formula is C13H18ClNO2. The Kier molecular flexibility index (Phi) is 3.50. The predicted molar refractivity (Wildman–Crippen MR) is 70.2 cm³/mol. The lowest BCUT2D eigenvalue weighted by atomic mass is 9.87. The van der Waals surface area contributed by atoms with Crippen molar-refractivity contribution in [1.29, 1.82) is 0 Å². The molecule has 0 amide bonds. The van der Waals surface area contributed by atoms with E-state index in [4.69, 9.17) is 16.3 Å². The number of nitrogens with one attached hydrogen (secondary N) is 1. The number of rotatable bonds is 4. The molecule has 0 spiro atoms. The average Bonchev–Trinajstić information content (AvgIpc) is 2.62. The topological polar surface area (TPSA) is 41.5 Å². The highest BCUT2D eigenvalue weighted by Gasteiger charge is 2.31. The highest BCUT2D eigenvalue weighted by Crippen LogP contribution is 2.39. The van der Waals surface area contributed by atoms with Gasteiger partial charge in [0.2, 0.25) is 0 Å². The number of alkyl halides is 1. The molecule has 1 aromatic rings. The first-order chi connectivity index (χ1) is 8.03. The summed E-state index contributed by atoms with van der Waals surface area (Å²) in [5.41, 5.74) is 2.27. The summed E-state index contributed by atoms with van der Waals surface area (Å²) in [6.45, 7) is 5.51. The standard InChI is InChI=1S/C13H18ClNO2/c1-13(2)8-17-12-5-9(3-4-11(12)13)15-7-10(16)6-14/h3-5,10,15-16H,6-8H2,1-2H3. The second-order valence-corrected chi connectivity index (χ2v) is 5.38. The Hall–Kier alpha value is -0.930. The fourth-order valence-corrected chi connectivity index (χ4v) is 2.05. The molecule has 1 aliphatic rings. The van der Waals surface area contributed by atoms with Gasteiger partial charge in [0, 0.05) is 29.3 Å². The summed E-state index contributed by atoms with van der Waals surface area (Å²) in [5.74, 6) is 1.17. The number of ether oxygens (including phenoxy) is 1. The van der Waals surface area contributed by atoms with Crippen LogP contribution in [0.5, 0.6) is 5.75 Å². The van der Waals surface area contributed by atoms with Crippen LogP contribution in [0, 0.1) is 0 Å². The summed E-state index contributed by atoms with van der Waals surface area (Å²) in [6.07, 6.45) is -0.526. The third-order valence-electron chi connectivity index (χ3n) is 3.02. The van der Waals surface area contributed by atoms with Crippen molar-refractivity contribution in [2.45, 2.75) is 25.4 Å². The van der Waals surface area contributed by atoms with Crippen LogP contribution >= 0.6 is 11.6 Å². The van der Waals surface area contributed by atoms with Gasteiger partial charge < -0.3 is 15.2 Å². The molecule has 17 heavy (non-hydrogen) atoms. The number of hydrogen-bond acceptors (Lipinski definition) is 3. The minimum Gasteiger partial charge on any atom is -0.492 e. The van der Waals surface area contributed by atoms with E-state index < -0.39 is 6.10 Å². The Labute approximate surface area is 107 Å². The molecule has 0 radical (unpaired) electrons. The molecule has 0 saturated heterocycles. The van der Waals surface area contributed by atoms with Crippen molar-refractivity contribution in [3.05, 3.63) is 23.8 Å². The summed E-state index contributed by atoms with van der Waals surface area (Å²) < 4.78 is 5.66. The first-order valence-corrected chi connectivity index (χ1v) is 6.31. The fraction of sp³-hybridized carbons (Fsp3) is 0.538. The molecule has 94 valence electrons. The second kappa shape index (κ2) is 4.75. The van der Waals surface area contributed by atoms with Crippen molar-refractivity contribution < 1.29 is 9.84 Å². The zero-order chi connectivity index (χ0) is 12.5. The molecule has 2 rings (SSSR count). The maximum Gasteiger partial charge on any atom is 0.125 e. The number of benzene rings is 1. The molecule has 0 bridgehead atoms. The molecule has 0 fully saturated rings. The van der Waals surface area contributed by atoms with Crippen LogP contribution < -0.4 is 10.1 Å². The van der Waals surface area contributed by atoms with Gasteiger partial charge in [0.1, 0.15) is 5.75 Å². The van der Waals surface area contributed by atoms with Crippen LogP contribution in [-0.2, 0) is 5.41 Å². The van der Waals surface area contributed by atoms with Gasteiger partial charge in [-0.05, 0) is 6.07 Å². The average molecular weight is 256 g/mol. The van der Waals surface area contributed by atoms with Crippen molar-refractivity contribution in [1.82, 2.24) is 0 Å². The number of halogens is 1. The van der Waals surface area contributed by atoms with E-state index in [1.54, 1.807) is 0 Å². The molecule has 1 heterocycles. The van der Waals surface area contributed by atoms with Crippen molar-refractivity contribution in [2.75, 3.05) is 24.3 Å². The number of aliphatic hydroxyl groups is 1. The van der Waals surface area contributed by atoms with E-state index in [0.29, 0.717) is 6.54 Å². The zero-order valence-corrected chi connectivity index (χ0v) is 10.9. The SMILES string of the molecule is CC1(C)COc2cc(NCC(O)CCl)ccc21. The molecule has 1 unspecified atom stereocenters. The van der Waals surface area contributed by atoms with Gasteiger partial charge >= 0.3 is 0 Å². The first kappa shape index (κ1) is 12.5. The molecule has 0 aliphatic carbocycles. The molecular weight excluding hydrogens is 238 g/mol. The van der Waals surface area contributed by atoms with Gasteiger partial charge in [-0.2, -0.15) is 0 Å². The summed E-state index contributed by atoms with van der Waals surface area (Å²) in [4.78, 5) is 0. The van der Waals surface area contributed by atoms with Gasteiger partial charge in [0.25, 0.3) is 0 Å². The summed E-state index contributed by atoms with van der Waals surface area (Å²) in [6, 6.07) is 6.07. The van der Waals surface area contributed by atoms with E-state index in [1.807, 2.05) is 12.1 Å². The van der Waals surface area contributed by atoms with Crippen LogP contribution in [-0.4, -0.2) is 30.2 Å². The molecule has 4 heteroatoms. The van der Waals surface area contributed by atoms with Crippen molar-refractivity contribution in [3.63, 3.8) is 0 Å². The van der Waals surface area contributed by atoms with E-state index in [-0.39, 0.29) is 11.3 Å². The first-order valence-electron chi connectivity index (χ1n) is 5.78. The van der Waals surface area contributed by atoms with Crippen LogP contribution in [0.3, 0.4) is 0 Å². The third-order valence-corrected chi connectivity index (χ3v) is 3.38. The molecule has 3 nitrogen and oxygen atoms in total. The van der Waals surface area contributed by atoms with E-state index in [9.17, 15) is 5.11 Å². The van der Waals surface area contributed by atoms with E-state index in [1.165, 1.54) is 5.56 Å². The van der Waals surface area contributed by atoms with Gasteiger partial charge in [-0.3, -0.25) is 0 Å². The van der Waals surface area contributed by atoms with E-state index in [0.717, 1.165) is 18.0 Å². The number of fused-ring (bicyclic) bond motifs is 1. The summed E-state index contributed by atoms with van der Waals surface area (Å²) in [5, 5.41) is 12.5. The van der Waals surface area contributed by atoms with Gasteiger partial charge in [-0.1, -0.05) is 19.9 Å². The highest BCUT2D eigenvalue weighted by atomic mass is 35.5. The largest absolute Gasteiger partial charge is 0.492 e. The van der Waals surface area contributed by atoms with E-state index in [2.05, 4.69) is 25.2 Å². The van der Waals surface area contributed by atoms with Crippen LogP contribution in [0.4, 0.5) is 5.69 Å². The van der Waals surface area contributed by atoms with Gasteiger partial charge in [0.05, 0.1) is 18.6 Å². The zero-order valence-electron chi connectivity index (χ0n) is 10.2. The highest BCUT2D eigenvalue weighted by molar-refractivity contribution is 6.18. The van der Waals surface area contributed by atoms with Crippen molar-refractivity contribution in [3.8, 4) is 5.75 Å². The predicted octanol–water partition coefficient (Wildman–Crippen LogP) is 2.37. The Bertz CT molecular complexity index is 406. The normalized spacial score (nSPS) is 18.4. The van der Waals surface area contributed by atoms with Gasteiger partial charge in [-0.15, -0.1) is 11.6 Å². The molecule has 0 aromatic heterocycles. The quantitative estimate of drug-likeness (QED) is 0.812.